The number of carbonyl (C=O) groups is 1. The van der Waals surface area contributed by atoms with Crippen LogP contribution in [0.1, 0.15) is 26.2 Å². The zero-order valence-electron chi connectivity index (χ0n) is 8.84. The van der Waals surface area contributed by atoms with Gasteiger partial charge in [0.15, 0.2) is 0 Å². The first kappa shape index (κ1) is 11.3. The average molecular weight is 200 g/mol. The van der Waals surface area contributed by atoms with Crippen molar-refractivity contribution >= 4 is 6.03 Å². The molecule has 1 fully saturated rings. The Balaban J connectivity index is 1.87. The van der Waals surface area contributed by atoms with Crippen molar-refractivity contribution < 1.29 is 9.53 Å². The standard InChI is InChI=1S/C10H20N2O2/c1-2-14-7-6-11-10(13)12-8-9-4-3-5-9/h9H,2-8H2,1H3,(H2,11,12,13). The molecule has 0 saturated heterocycles. The number of hydrogen-bond donors (Lipinski definition) is 2. The van der Waals surface area contributed by atoms with E-state index in [-0.39, 0.29) is 6.03 Å². The molecule has 0 bridgehead atoms. The maximum absolute atomic E-state index is 11.2. The van der Waals surface area contributed by atoms with Crippen LogP contribution < -0.4 is 10.6 Å². The Labute approximate surface area is 85.4 Å². The van der Waals surface area contributed by atoms with Crippen molar-refractivity contribution in [2.75, 3.05) is 26.3 Å². The minimum absolute atomic E-state index is 0.0726. The second-order valence-corrected chi connectivity index (χ2v) is 3.63. The fourth-order valence-corrected chi connectivity index (χ4v) is 1.38. The van der Waals surface area contributed by atoms with Crippen LogP contribution in [-0.2, 0) is 4.74 Å². The third kappa shape index (κ3) is 4.46. The van der Waals surface area contributed by atoms with Crippen LogP contribution in [0.25, 0.3) is 0 Å². The van der Waals surface area contributed by atoms with E-state index in [1.54, 1.807) is 0 Å². The third-order valence-corrected chi connectivity index (χ3v) is 2.51. The molecule has 0 unspecified atom stereocenters. The minimum Gasteiger partial charge on any atom is -0.380 e. The van der Waals surface area contributed by atoms with E-state index in [1.165, 1.54) is 19.3 Å². The summed E-state index contributed by atoms with van der Waals surface area (Å²) in [5.74, 6) is 0.715. The van der Waals surface area contributed by atoms with Crippen molar-refractivity contribution in [1.82, 2.24) is 10.6 Å². The molecule has 1 saturated carbocycles. The number of ether oxygens (including phenoxy) is 1. The van der Waals surface area contributed by atoms with Gasteiger partial charge in [0.25, 0.3) is 0 Å². The topological polar surface area (TPSA) is 50.4 Å². The van der Waals surface area contributed by atoms with Crippen LogP contribution in [0.5, 0.6) is 0 Å². The maximum atomic E-state index is 11.2. The molecule has 1 aliphatic rings. The van der Waals surface area contributed by atoms with Crippen molar-refractivity contribution in [3.8, 4) is 0 Å². The summed E-state index contributed by atoms with van der Waals surface area (Å²) in [7, 11) is 0. The van der Waals surface area contributed by atoms with Gasteiger partial charge in [-0.05, 0) is 25.7 Å². The fourth-order valence-electron chi connectivity index (χ4n) is 1.38. The van der Waals surface area contributed by atoms with E-state index in [9.17, 15) is 4.79 Å². The van der Waals surface area contributed by atoms with Crippen LogP contribution in [0.2, 0.25) is 0 Å². The average Bonchev–Trinajstić information content (AvgIpc) is 2.10. The summed E-state index contributed by atoms with van der Waals surface area (Å²) in [4.78, 5) is 11.2. The van der Waals surface area contributed by atoms with E-state index in [0.29, 0.717) is 25.7 Å². The van der Waals surface area contributed by atoms with Crippen LogP contribution in [0.3, 0.4) is 0 Å². The van der Waals surface area contributed by atoms with Gasteiger partial charge in [-0.3, -0.25) is 0 Å². The van der Waals surface area contributed by atoms with Crippen molar-refractivity contribution in [3.63, 3.8) is 0 Å². The molecule has 2 N–H and O–H groups in total. The molecule has 2 amide bonds. The smallest absolute Gasteiger partial charge is 0.314 e. The predicted molar refractivity (Wildman–Crippen MR) is 55.2 cm³/mol. The molecule has 0 heterocycles. The first-order valence-electron chi connectivity index (χ1n) is 5.42. The molecule has 0 radical (unpaired) electrons. The van der Waals surface area contributed by atoms with E-state index in [1.807, 2.05) is 6.92 Å². The molecule has 4 nitrogen and oxygen atoms in total. The molecule has 0 aromatic heterocycles. The molecule has 0 aromatic carbocycles. The Morgan fingerprint density at radius 1 is 1.43 bits per heavy atom. The summed E-state index contributed by atoms with van der Waals surface area (Å²) in [5, 5.41) is 5.60. The van der Waals surface area contributed by atoms with Gasteiger partial charge in [0, 0.05) is 19.7 Å². The van der Waals surface area contributed by atoms with Gasteiger partial charge in [0.2, 0.25) is 0 Å². The highest BCUT2D eigenvalue weighted by Crippen LogP contribution is 2.24. The molecule has 4 heteroatoms. The third-order valence-electron chi connectivity index (χ3n) is 2.51. The second-order valence-electron chi connectivity index (χ2n) is 3.63. The second kappa shape index (κ2) is 6.65. The molecular weight excluding hydrogens is 180 g/mol. The van der Waals surface area contributed by atoms with Gasteiger partial charge in [-0.15, -0.1) is 0 Å². The molecular formula is C10H20N2O2. The number of hydrogen-bond acceptors (Lipinski definition) is 2. The number of carbonyl (C=O) groups excluding carboxylic acids is 1. The van der Waals surface area contributed by atoms with Gasteiger partial charge in [-0.25, -0.2) is 4.79 Å². The zero-order chi connectivity index (χ0) is 10.2. The summed E-state index contributed by atoms with van der Waals surface area (Å²) in [6.07, 6.45) is 3.84. The Bertz CT molecular complexity index is 170. The Hall–Kier alpha value is -0.770. The molecule has 0 spiro atoms. The van der Waals surface area contributed by atoms with Gasteiger partial charge in [-0.2, -0.15) is 0 Å². The lowest BCUT2D eigenvalue weighted by Crippen LogP contribution is -2.40. The van der Waals surface area contributed by atoms with Crippen molar-refractivity contribution in [2.24, 2.45) is 5.92 Å². The van der Waals surface area contributed by atoms with Gasteiger partial charge >= 0.3 is 6.03 Å². The van der Waals surface area contributed by atoms with E-state index in [0.717, 1.165) is 6.54 Å². The van der Waals surface area contributed by atoms with Gasteiger partial charge in [0.1, 0.15) is 0 Å². The highest BCUT2D eigenvalue weighted by Gasteiger charge is 2.17. The number of amides is 2. The van der Waals surface area contributed by atoms with E-state index >= 15 is 0 Å². The molecule has 1 aliphatic carbocycles. The largest absolute Gasteiger partial charge is 0.380 e. The number of nitrogens with one attached hydrogen (secondary N) is 2. The van der Waals surface area contributed by atoms with E-state index < -0.39 is 0 Å². The van der Waals surface area contributed by atoms with E-state index in [4.69, 9.17) is 4.74 Å². The van der Waals surface area contributed by atoms with Gasteiger partial charge in [-0.1, -0.05) is 6.42 Å². The minimum atomic E-state index is -0.0726. The van der Waals surface area contributed by atoms with Crippen LogP contribution >= 0.6 is 0 Å². The molecule has 0 atom stereocenters. The number of urea groups is 1. The quantitative estimate of drug-likeness (QED) is 0.631. The van der Waals surface area contributed by atoms with Crippen LogP contribution in [-0.4, -0.2) is 32.3 Å². The lowest BCUT2D eigenvalue weighted by molar-refractivity contribution is 0.149. The summed E-state index contributed by atoms with van der Waals surface area (Å²) in [6.45, 7) is 4.64. The van der Waals surface area contributed by atoms with E-state index in [2.05, 4.69) is 10.6 Å². The first-order valence-corrected chi connectivity index (χ1v) is 5.42. The highest BCUT2D eigenvalue weighted by atomic mass is 16.5. The van der Waals surface area contributed by atoms with Gasteiger partial charge in [0.05, 0.1) is 6.61 Å². The lowest BCUT2D eigenvalue weighted by Gasteiger charge is -2.25. The molecule has 0 aromatic rings. The normalized spacial score (nSPS) is 16.1. The summed E-state index contributed by atoms with van der Waals surface area (Å²) >= 11 is 0. The SMILES string of the molecule is CCOCCNC(=O)NCC1CCC1. The summed E-state index contributed by atoms with van der Waals surface area (Å²) in [5.41, 5.74) is 0. The predicted octanol–water partition coefficient (Wildman–Crippen LogP) is 1.12. The zero-order valence-corrected chi connectivity index (χ0v) is 8.84. The van der Waals surface area contributed by atoms with Crippen LogP contribution in [0, 0.1) is 5.92 Å². The van der Waals surface area contributed by atoms with Crippen LogP contribution in [0.15, 0.2) is 0 Å². The van der Waals surface area contributed by atoms with Gasteiger partial charge < -0.3 is 15.4 Å². The molecule has 1 rings (SSSR count). The Morgan fingerprint density at radius 2 is 2.21 bits per heavy atom. The Kier molecular flexibility index (Phi) is 5.37. The van der Waals surface area contributed by atoms with Crippen molar-refractivity contribution in [3.05, 3.63) is 0 Å². The van der Waals surface area contributed by atoms with Crippen molar-refractivity contribution in [2.45, 2.75) is 26.2 Å². The number of rotatable bonds is 6. The fraction of sp³-hybridized carbons (Fsp3) is 0.900. The maximum Gasteiger partial charge on any atom is 0.314 e. The monoisotopic (exact) mass is 200 g/mol. The molecule has 14 heavy (non-hydrogen) atoms. The van der Waals surface area contributed by atoms with Crippen LogP contribution in [0.4, 0.5) is 4.79 Å². The summed E-state index contributed by atoms with van der Waals surface area (Å²) < 4.78 is 5.10. The first-order chi connectivity index (χ1) is 6.83. The Morgan fingerprint density at radius 3 is 2.79 bits per heavy atom. The summed E-state index contributed by atoms with van der Waals surface area (Å²) in [6, 6.07) is -0.0726. The highest BCUT2D eigenvalue weighted by molar-refractivity contribution is 5.73. The van der Waals surface area contributed by atoms with Crippen molar-refractivity contribution in [1.29, 1.82) is 0 Å². The lowest BCUT2D eigenvalue weighted by atomic mass is 9.85. The molecule has 0 aliphatic heterocycles. The molecule has 82 valence electrons.